The van der Waals surface area contributed by atoms with Crippen LogP contribution in [0.3, 0.4) is 0 Å². The number of hydrogen-bond acceptors (Lipinski definition) is 3. The lowest BCUT2D eigenvalue weighted by atomic mass is 9.92. The maximum atomic E-state index is 12.6. The number of halogens is 1. The number of thioether (sulfide) groups is 1. The first-order valence-corrected chi connectivity index (χ1v) is 9.92. The zero-order chi connectivity index (χ0) is 19.2. The molecule has 0 spiro atoms. The highest BCUT2D eigenvalue weighted by Crippen LogP contribution is 2.32. The molecule has 0 radical (unpaired) electrons. The van der Waals surface area contributed by atoms with Crippen LogP contribution in [0.15, 0.2) is 77.7 Å². The number of anilines is 1. The Bertz CT molecular complexity index is 999. The number of amides is 1. The van der Waals surface area contributed by atoms with Crippen LogP contribution in [0, 0.1) is 11.3 Å². The summed E-state index contributed by atoms with van der Waals surface area (Å²) < 4.78 is 0. The molecule has 0 heterocycles. The minimum Gasteiger partial charge on any atom is -0.322 e. The summed E-state index contributed by atoms with van der Waals surface area (Å²) in [5, 5.41) is 12.9. The van der Waals surface area contributed by atoms with Crippen molar-refractivity contribution in [3.8, 4) is 6.07 Å². The van der Waals surface area contributed by atoms with Crippen molar-refractivity contribution in [3.05, 3.63) is 94.5 Å². The van der Waals surface area contributed by atoms with E-state index in [4.69, 9.17) is 11.6 Å². The summed E-state index contributed by atoms with van der Waals surface area (Å²) in [6.45, 7) is 0. The summed E-state index contributed by atoms with van der Waals surface area (Å²) in [6, 6.07) is 24.5. The molecule has 3 rings (SSSR count). The van der Waals surface area contributed by atoms with Crippen LogP contribution in [0.1, 0.15) is 27.4 Å². The van der Waals surface area contributed by atoms with Gasteiger partial charge in [0.25, 0.3) is 5.91 Å². The first-order chi connectivity index (χ1) is 13.1. The van der Waals surface area contributed by atoms with Crippen molar-refractivity contribution in [2.75, 3.05) is 11.6 Å². The molecule has 0 aliphatic rings. The molecule has 1 N–H and O–H groups in total. The number of nitriles is 1. The van der Waals surface area contributed by atoms with Crippen LogP contribution >= 0.6 is 23.4 Å². The summed E-state index contributed by atoms with van der Waals surface area (Å²) in [4.78, 5) is 13.5. The average Bonchev–Trinajstić information content (AvgIpc) is 2.71. The maximum absolute atomic E-state index is 12.6. The summed E-state index contributed by atoms with van der Waals surface area (Å²) in [5.41, 5.74) is 2.80. The van der Waals surface area contributed by atoms with Crippen molar-refractivity contribution in [2.45, 2.75) is 10.8 Å². The minimum atomic E-state index is -0.458. The largest absolute Gasteiger partial charge is 0.322 e. The number of hydrogen-bond donors (Lipinski definition) is 1. The van der Waals surface area contributed by atoms with Crippen LogP contribution in [0.4, 0.5) is 5.69 Å². The predicted octanol–water partition coefficient (Wildman–Crippen LogP) is 5.97. The van der Waals surface area contributed by atoms with E-state index >= 15 is 0 Å². The standard InChI is InChI=1S/C22H17ClN2OS/c1-27-21-10-6-5-9-18(21)22(26)25-16-11-12-17(20(23)13-16)19(14-24)15-7-3-2-4-8-15/h2-13,19H,1H3,(H,25,26). The molecule has 0 saturated heterocycles. The third-order valence-electron chi connectivity index (χ3n) is 4.18. The molecule has 0 bridgehead atoms. The smallest absolute Gasteiger partial charge is 0.256 e. The number of carbonyl (C=O) groups is 1. The number of benzene rings is 3. The maximum Gasteiger partial charge on any atom is 0.256 e. The Morgan fingerprint density at radius 1 is 1.07 bits per heavy atom. The first kappa shape index (κ1) is 19.0. The van der Waals surface area contributed by atoms with Crippen molar-refractivity contribution in [1.82, 2.24) is 0 Å². The Morgan fingerprint density at radius 3 is 2.44 bits per heavy atom. The molecule has 0 saturated carbocycles. The molecule has 3 nitrogen and oxygen atoms in total. The Balaban J connectivity index is 1.85. The van der Waals surface area contributed by atoms with Crippen molar-refractivity contribution >= 4 is 35.0 Å². The summed E-state index contributed by atoms with van der Waals surface area (Å²) in [5.74, 6) is -0.649. The van der Waals surface area contributed by atoms with E-state index in [-0.39, 0.29) is 5.91 Å². The van der Waals surface area contributed by atoms with Gasteiger partial charge in [-0.1, -0.05) is 60.1 Å². The van der Waals surface area contributed by atoms with Crippen LogP contribution < -0.4 is 5.32 Å². The third-order valence-corrected chi connectivity index (χ3v) is 5.31. The Hall–Kier alpha value is -2.74. The van der Waals surface area contributed by atoms with Crippen molar-refractivity contribution in [1.29, 1.82) is 5.26 Å². The highest BCUT2D eigenvalue weighted by Gasteiger charge is 2.17. The minimum absolute atomic E-state index is 0.191. The number of rotatable bonds is 5. The van der Waals surface area contributed by atoms with E-state index in [0.29, 0.717) is 21.8 Å². The number of carbonyl (C=O) groups excluding carboxylic acids is 1. The van der Waals surface area contributed by atoms with Crippen molar-refractivity contribution < 1.29 is 4.79 Å². The zero-order valence-electron chi connectivity index (χ0n) is 14.6. The van der Waals surface area contributed by atoms with Crippen molar-refractivity contribution in [3.63, 3.8) is 0 Å². The molecule has 5 heteroatoms. The molecule has 27 heavy (non-hydrogen) atoms. The van der Waals surface area contributed by atoms with Gasteiger partial charge in [0.2, 0.25) is 0 Å². The van der Waals surface area contributed by atoms with Gasteiger partial charge in [-0.25, -0.2) is 0 Å². The Kier molecular flexibility index (Phi) is 6.18. The average molecular weight is 393 g/mol. The normalized spacial score (nSPS) is 11.4. The predicted molar refractivity (Wildman–Crippen MR) is 112 cm³/mol. The fraction of sp³-hybridized carbons (Fsp3) is 0.0909. The van der Waals surface area contributed by atoms with Gasteiger partial charge in [-0.2, -0.15) is 5.26 Å². The molecule has 0 aromatic heterocycles. The fourth-order valence-electron chi connectivity index (χ4n) is 2.84. The van der Waals surface area contributed by atoms with Gasteiger partial charge in [0.15, 0.2) is 0 Å². The summed E-state index contributed by atoms with van der Waals surface area (Å²) in [6.07, 6.45) is 1.93. The van der Waals surface area contributed by atoms with E-state index in [1.54, 1.807) is 24.3 Å². The van der Waals surface area contributed by atoms with E-state index in [2.05, 4.69) is 11.4 Å². The molecule has 0 aliphatic carbocycles. The fourth-order valence-corrected chi connectivity index (χ4v) is 3.72. The van der Waals surface area contributed by atoms with E-state index in [1.165, 1.54) is 11.8 Å². The molecule has 3 aromatic carbocycles. The van der Waals surface area contributed by atoms with E-state index in [0.717, 1.165) is 10.5 Å². The third kappa shape index (κ3) is 4.33. The van der Waals surface area contributed by atoms with Crippen LogP contribution in [0.25, 0.3) is 0 Å². The molecule has 1 atom stereocenters. The van der Waals surface area contributed by atoms with Crippen LogP contribution in [-0.2, 0) is 0 Å². The van der Waals surface area contributed by atoms with E-state index in [1.807, 2.05) is 54.8 Å². The van der Waals surface area contributed by atoms with Crippen molar-refractivity contribution in [2.24, 2.45) is 0 Å². The highest BCUT2D eigenvalue weighted by molar-refractivity contribution is 7.98. The molecule has 1 unspecified atom stereocenters. The quantitative estimate of drug-likeness (QED) is 0.544. The Morgan fingerprint density at radius 2 is 1.78 bits per heavy atom. The lowest BCUT2D eigenvalue weighted by molar-refractivity contribution is 0.102. The van der Waals surface area contributed by atoms with Crippen LogP contribution in [0.2, 0.25) is 5.02 Å². The molecular formula is C22H17ClN2OS. The van der Waals surface area contributed by atoms with Gasteiger partial charge in [-0.05, 0) is 41.6 Å². The van der Waals surface area contributed by atoms with Gasteiger partial charge < -0.3 is 5.32 Å². The first-order valence-electron chi connectivity index (χ1n) is 8.32. The molecule has 0 aliphatic heterocycles. The van der Waals surface area contributed by atoms with Gasteiger partial charge in [0, 0.05) is 15.6 Å². The topological polar surface area (TPSA) is 52.9 Å². The molecule has 0 fully saturated rings. The van der Waals surface area contributed by atoms with E-state index in [9.17, 15) is 10.1 Å². The van der Waals surface area contributed by atoms with E-state index < -0.39 is 5.92 Å². The molecule has 1 amide bonds. The highest BCUT2D eigenvalue weighted by atomic mass is 35.5. The monoisotopic (exact) mass is 392 g/mol. The number of nitrogens with one attached hydrogen (secondary N) is 1. The molecule has 134 valence electrons. The summed E-state index contributed by atoms with van der Waals surface area (Å²) in [7, 11) is 0. The van der Waals surface area contributed by atoms with Crippen LogP contribution in [0.5, 0.6) is 0 Å². The second-order valence-electron chi connectivity index (χ2n) is 5.86. The number of nitrogens with zero attached hydrogens (tertiary/aromatic N) is 1. The lowest BCUT2D eigenvalue weighted by Gasteiger charge is -2.14. The molecule has 3 aromatic rings. The SMILES string of the molecule is CSc1ccccc1C(=O)Nc1ccc(C(C#N)c2ccccc2)c(Cl)c1. The second kappa shape index (κ2) is 8.77. The zero-order valence-corrected chi connectivity index (χ0v) is 16.2. The van der Waals surface area contributed by atoms with Gasteiger partial charge in [0.1, 0.15) is 0 Å². The van der Waals surface area contributed by atoms with Gasteiger partial charge in [0.05, 0.1) is 17.6 Å². The van der Waals surface area contributed by atoms with Gasteiger partial charge in [-0.3, -0.25) is 4.79 Å². The van der Waals surface area contributed by atoms with Gasteiger partial charge >= 0.3 is 0 Å². The van der Waals surface area contributed by atoms with Gasteiger partial charge in [-0.15, -0.1) is 11.8 Å². The van der Waals surface area contributed by atoms with Crippen LogP contribution in [-0.4, -0.2) is 12.2 Å². The Labute approximate surface area is 168 Å². The summed E-state index contributed by atoms with van der Waals surface area (Å²) >= 11 is 7.96. The second-order valence-corrected chi connectivity index (χ2v) is 7.12. The lowest BCUT2D eigenvalue weighted by Crippen LogP contribution is -2.13. The molecular weight excluding hydrogens is 376 g/mol.